The van der Waals surface area contributed by atoms with Gasteiger partial charge in [-0.05, 0) is 29.8 Å². The monoisotopic (exact) mass is 391 g/mol. The Hall–Kier alpha value is -3.48. The predicted octanol–water partition coefficient (Wildman–Crippen LogP) is 3.19. The number of aromatic nitrogens is 2. The molecule has 0 saturated carbocycles. The normalized spacial score (nSPS) is 14.0. The Morgan fingerprint density at radius 3 is 2.41 bits per heavy atom. The van der Waals surface area contributed by atoms with Crippen LogP contribution >= 0.6 is 0 Å². The fourth-order valence-corrected chi connectivity index (χ4v) is 3.33. The van der Waals surface area contributed by atoms with Gasteiger partial charge in [0.05, 0.1) is 0 Å². The van der Waals surface area contributed by atoms with E-state index in [1.165, 1.54) is 24.1 Å². The Bertz CT molecular complexity index is 956. The van der Waals surface area contributed by atoms with Crippen LogP contribution < -0.4 is 10.2 Å². The number of nitrogens with one attached hydrogen (secondary N) is 1. The van der Waals surface area contributed by atoms with Crippen LogP contribution in [0.1, 0.15) is 16.1 Å². The minimum absolute atomic E-state index is 0.0926. The van der Waals surface area contributed by atoms with Crippen LogP contribution in [0.3, 0.4) is 0 Å². The van der Waals surface area contributed by atoms with Gasteiger partial charge in [0.2, 0.25) is 0 Å². The number of piperazine rings is 1. The minimum Gasteiger partial charge on any atom is -0.368 e. The number of hydrogen-bond donors (Lipinski definition) is 1. The molecule has 2 heterocycles. The lowest BCUT2D eigenvalue weighted by atomic mass is 10.2. The molecular weight excluding hydrogens is 369 g/mol. The molecule has 148 valence electrons. The molecule has 0 atom stereocenters. The Morgan fingerprint density at radius 1 is 0.966 bits per heavy atom. The van der Waals surface area contributed by atoms with Crippen molar-refractivity contribution in [2.24, 2.45) is 0 Å². The summed E-state index contributed by atoms with van der Waals surface area (Å²) >= 11 is 0. The highest BCUT2D eigenvalue weighted by Crippen LogP contribution is 2.17. The van der Waals surface area contributed by atoms with E-state index < -0.39 is 0 Å². The lowest BCUT2D eigenvalue weighted by Gasteiger charge is -2.36. The zero-order chi connectivity index (χ0) is 20.1. The summed E-state index contributed by atoms with van der Waals surface area (Å²) < 4.78 is 13.0. The molecule has 4 rings (SSSR count). The van der Waals surface area contributed by atoms with E-state index in [-0.39, 0.29) is 11.7 Å². The second-order valence-corrected chi connectivity index (χ2v) is 6.88. The molecule has 0 spiro atoms. The third-order valence-electron chi connectivity index (χ3n) is 4.96. The van der Waals surface area contributed by atoms with Crippen LogP contribution in [0.15, 0.2) is 67.0 Å². The van der Waals surface area contributed by atoms with Crippen LogP contribution in [-0.4, -0.2) is 47.0 Å². The molecule has 1 saturated heterocycles. The fraction of sp³-hybridized carbons (Fsp3) is 0.227. The Balaban J connectivity index is 1.35. The van der Waals surface area contributed by atoms with E-state index >= 15 is 0 Å². The van der Waals surface area contributed by atoms with Gasteiger partial charge in [-0.3, -0.25) is 4.79 Å². The zero-order valence-corrected chi connectivity index (χ0v) is 16.0. The van der Waals surface area contributed by atoms with Crippen molar-refractivity contribution in [1.29, 1.82) is 0 Å². The summed E-state index contributed by atoms with van der Waals surface area (Å²) in [6, 6.07) is 18.1. The highest BCUT2D eigenvalue weighted by molar-refractivity contribution is 5.93. The lowest BCUT2D eigenvalue weighted by molar-refractivity contribution is 0.0740. The van der Waals surface area contributed by atoms with E-state index in [0.717, 1.165) is 18.7 Å². The number of rotatable bonds is 5. The maximum atomic E-state index is 13.0. The molecule has 3 aromatic rings. The van der Waals surface area contributed by atoms with Crippen molar-refractivity contribution < 1.29 is 9.18 Å². The van der Waals surface area contributed by atoms with Gasteiger partial charge in [-0.1, -0.05) is 30.3 Å². The van der Waals surface area contributed by atoms with Crippen molar-refractivity contribution in [2.45, 2.75) is 6.54 Å². The number of halogens is 1. The number of benzene rings is 2. The summed E-state index contributed by atoms with van der Waals surface area (Å²) in [5.41, 5.74) is 2.47. The Morgan fingerprint density at radius 2 is 1.69 bits per heavy atom. The first-order valence-electron chi connectivity index (χ1n) is 9.59. The van der Waals surface area contributed by atoms with Crippen molar-refractivity contribution in [3.8, 4) is 0 Å². The first-order chi connectivity index (χ1) is 14.2. The highest BCUT2D eigenvalue weighted by atomic mass is 19.1. The molecule has 1 N–H and O–H groups in total. The number of anilines is 2. The lowest BCUT2D eigenvalue weighted by Crippen LogP contribution is -2.49. The maximum absolute atomic E-state index is 13.0. The van der Waals surface area contributed by atoms with Gasteiger partial charge < -0.3 is 15.1 Å². The average molecular weight is 391 g/mol. The molecule has 0 radical (unpaired) electrons. The van der Waals surface area contributed by atoms with Gasteiger partial charge in [0, 0.05) is 44.5 Å². The quantitative estimate of drug-likeness (QED) is 0.724. The second kappa shape index (κ2) is 8.68. The van der Waals surface area contributed by atoms with Gasteiger partial charge in [-0.2, -0.15) is 0 Å². The van der Waals surface area contributed by atoms with Crippen LogP contribution in [0.25, 0.3) is 0 Å². The van der Waals surface area contributed by atoms with Crippen LogP contribution in [-0.2, 0) is 6.54 Å². The van der Waals surface area contributed by atoms with E-state index in [0.29, 0.717) is 31.1 Å². The number of hydrogen-bond acceptors (Lipinski definition) is 5. The molecule has 1 aliphatic rings. The van der Waals surface area contributed by atoms with Gasteiger partial charge in [0.25, 0.3) is 5.91 Å². The molecule has 1 aromatic heterocycles. The van der Waals surface area contributed by atoms with E-state index in [2.05, 4.69) is 32.3 Å². The van der Waals surface area contributed by atoms with E-state index in [9.17, 15) is 9.18 Å². The third-order valence-corrected chi connectivity index (χ3v) is 4.96. The molecule has 0 unspecified atom stereocenters. The largest absolute Gasteiger partial charge is 0.368 e. The topological polar surface area (TPSA) is 61.4 Å². The summed E-state index contributed by atoms with van der Waals surface area (Å²) in [5, 5.41) is 3.15. The van der Waals surface area contributed by atoms with E-state index in [1.54, 1.807) is 18.2 Å². The van der Waals surface area contributed by atoms with Gasteiger partial charge >= 0.3 is 0 Å². The maximum Gasteiger partial charge on any atom is 0.272 e. The summed E-state index contributed by atoms with van der Waals surface area (Å²) in [7, 11) is 0. The second-order valence-electron chi connectivity index (χ2n) is 6.88. The van der Waals surface area contributed by atoms with Crippen LogP contribution in [0, 0.1) is 5.82 Å². The fourth-order valence-electron chi connectivity index (χ4n) is 3.33. The van der Waals surface area contributed by atoms with Crippen molar-refractivity contribution in [1.82, 2.24) is 14.9 Å². The van der Waals surface area contributed by atoms with Crippen molar-refractivity contribution in [3.05, 3.63) is 84.1 Å². The third kappa shape index (κ3) is 4.68. The molecule has 1 fully saturated rings. The Labute approximate surface area is 169 Å². The van der Waals surface area contributed by atoms with Crippen molar-refractivity contribution in [3.63, 3.8) is 0 Å². The van der Waals surface area contributed by atoms with Crippen molar-refractivity contribution in [2.75, 3.05) is 36.4 Å². The standard InChI is InChI=1S/C22H22FN5O/c23-18-8-6-17(7-9-18)15-24-21-14-20(25-16-26-21)22(29)28-12-10-27(11-13-28)19-4-2-1-3-5-19/h1-9,14,16H,10-13,15H2,(H,24,25,26). The molecule has 7 heteroatoms. The summed E-state index contributed by atoms with van der Waals surface area (Å²) in [5.74, 6) is 0.205. The highest BCUT2D eigenvalue weighted by Gasteiger charge is 2.23. The zero-order valence-electron chi connectivity index (χ0n) is 16.0. The first-order valence-corrected chi connectivity index (χ1v) is 9.59. The molecular formula is C22H22FN5O. The average Bonchev–Trinajstić information content (AvgIpc) is 2.79. The molecule has 6 nitrogen and oxygen atoms in total. The minimum atomic E-state index is -0.268. The van der Waals surface area contributed by atoms with Gasteiger partial charge in [-0.15, -0.1) is 0 Å². The van der Waals surface area contributed by atoms with E-state index in [4.69, 9.17) is 0 Å². The number of carbonyl (C=O) groups excluding carboxylic acids is 1. The first kappa shape index (κ1) is 18.9. The molecule has 1 amide bonds. The van der Waals surface area contributed by atoms with Crippen LogP contribution in [0.5, 0.6) is 0 Å². The molecule has 1 aliphatic heterocycles. The Kier molecular flexibility index (Phi) is 5.65. The molecule has 2 aromatic carbocycles. The van der Waals surface area contributed by atoms with Crippen LogP contribution in [0.4, 0.5) is 15.9 Å². The summed E-state index contributed by atoms with van der Waals surface area (Å²) in [6.07, 6.45) is 1.39. The summed E-state index contributed by atoms with van der Waals surface area (Å²) in [4.78, 5) is 25.3. The smallest absolute Gasteiger partial charge is 0.272 e. The van der Waals surface area contributed by atoms with Gasteiger partial charge in [0.15, 0.2) is 0 Å². The van der Waals surface area contributed by atoms with Crippen LogP contribution in [0.2, 0.25) is 0 Å². The summed E-state index contributed by atoms with van der Waals surface area (Å²) in [6.45, 7) is 3.36. The SMILES string of the molecule is O=C(c1cc(NCc2ccc(F)cc2)ncn1)N1CCN(c2ccccc2)CC1. The number of amides is 1. The van der Waals surface area contributed by atoms with Gasteiger partial charge in [-0.25, -0.2) is 14.4 Å². The number of carbonyl (C=O) groups is 1. The van der Waals surface area contributed by atoms with Gasteiger partial charge in [0.1, 0.15) is 23.7 Å². The molecule has 0 aliphatic carbocycles. The number of para-hydroxylation sites is 1. The van der Waals surface area contributed by atoms with Crippen molar-refractivity contribution >= 4 is 17.4 Å². The predicted molar refractivity (Wildman–Crippen MR) is 110 cm³/mol. The van der Waals surface area contributed by atoms with E-state index in [1.807, 2.05) is 23.1 Å². The molecule has 29 heavy (non-hydrogen) atoms. The number of nitrogens with zero attached hydrogens (tertiary/aromatic N) is 4. The molecule has 0 bridgehead atoms.